The van der Waals surface area contributed by atoms with Gasteiger partial charge in [-0.3, -0.25) is 0 Å². The van der Waals surface area contributed by atoms with E-state index in [9.17, 15) is 13.2 Å². The Morgan fingerprint density at radius 3 is 1.92 bits per heavy atom. The fraction of sp³-hybridized carbons (Fsp3) is 1.00. The summed E-state index contributed by atoms with van der Waals surface area (Å²) in [6.07, 6.45) is -3.95. The summed E-state index contributed by atoms with van der Waals surface area (Å²) in [5.41, 5.74) is 0. The Bertz CT molecular complexity index is 199. The van der Waals surface area contributed by atoms with Crippen LogP contribution in [0.25, 0.3) is 0 Å². The number of fused-ring (bicyclic) bond motifs is 1. The summed E-state index contributed by atoms with van der Waals surface area (Å²) in [6.45, 7) is 5.36. The van der Waals surface area contributed by atoms with Gasteiger partial charge in [0.1, 0.15) is 0 Å². The molecule has 0 radical (unpaired) electrons. The Kier molecular flexibility index (Phi) is 1.88. The van der Waals surface area contributed by atoms with E-state index in [1.807, 2.05) is 13.8 Å². The molecule has 1 nitrogen and oxygen atoms in total. The van der Waals surface area contributed by atoms with Crippen LogP contribution in [0.3, 0.4) is 0 Å². The summed E-state index contributed by atoms with van der Waals surface area (Å²) in [5, 5.41) is 0. The van der Waals surface area contributed by atoms with Gasteiger partial charge in [0.05, 0.1) is 5.92 Å². The third-order valence-electron chi connectivity index (χ3n) is 3.33. The SMILES string of the molecule is CC(C)N1C[C@@H]2C(C(F)(F)F)[C@@H]2C1. The third kappa shape index (κ3) is 1.45. The lowest BCUT2D eigenvalue weighted by molar-refractivity contribution is -0.157. The fourth-order valence-electron chi connectivity index (χ4n) is 2.47. The van der Waals surface area contributed by atoms with Crippen LogP contribution >= 0.6 is 0 Å². The predicted octanol–water partition coefficient (Wildman–Crippen LogP) is 2.13. The molecular weight excluding hydrogens is 179 g/mol. The van der Waals surface area contributed by atoms with Gasteiger partial charge in [0.15, 0.2) is 0 Å². The van der Waals surface area contributed by atoms with Gasteiger partial charge in [-0.1, -0.05) is 0 Å². The second-order valence-electron chi connectivity index (χ2n) is 4.44. The van der Waals surface area contributed by atoms with E-state index >= 15 is 0 Å². The Labute approximate surface area is 75.9 Å². The lowest BCUT2D eigenvalue weighted by Gasteiger charge is -2.23. The highest BCUT2D eigenvalue weighted by Crippen LogP contribution is 2.59. The van der Waals surface area contributed by atoms with Gasteiger partial charge in [-0.05, 0) is 25.7 Å². The van der Waals surface area contributed by atoms with E-state index in [0.29, 0.717) is 19.1 Å². The van der Waals surface area contributed by atoms with Crippen molar-refractivity contribution in [3.63, 3.8) is 0 Å². The normalized spacial score (nSPS) is 39.7. The summed E-state index contributed by atoms with van der Waals surface area (Å²) in [5.74, 6) is -1.17. The number of halogens is 3. The Morgan fingerprint density at radius 1 is 1.15 bits per heavy atom. The molecule has 1 aliphatic carbocycles. The Morgan fingerprint density at radius 2 is 1.62 bits per heavy atom. The molecule has 0 aromatic heterocycles. The van der Waals surface area contributed by atoms with E-state index in [-0.39, 0.29) is 11.8 Å². The van der Waals surface area contributed by atoms with Crippen molar-refractivity contribution in [2.75, 3.05) is 13.1 Å². The van der Waals surface area contributed by atoms with Crippen molar-refractivity contribution in [2.45, 2.75) is 26.1 Å². The van der Waals surface area contributed by atoms with Gasteiger partial charge in [-0.15, -0.1) is 0 Å². The van der Waals surface area contributed by atoms with Crippen LogP contribution in [0.2, 0.25) is 0 Å². The van der Waals surface area contributed by atoms with E-state index in [1.165, 1.54) is 0 Å². The van der Waals surface area contributed by atoms with Crippen LogP contribution in [0.5, 0.6) is 0 Å². The van der Waals surface area contributed by atoms with Gasteiger partial charge in [0.2, 0.25) is 0 Å². The molecule has 4 heteroatoms. The first-order valence-electron chi connectivity index (χ1n) is 4.72. The highest BCUT2D eigenvalue weighted by Gasteiger charge is 2.67. The molecule has 2 fully saturated rings. The monoisotopic (exact) mass is 193 g/mol. The number of alkyl halides is 3. The minimum atomic E-state index is -3.95. The highest BCUT2D eigenvalue weighted by molar-refractivity contribution is 5.08. The largest absolute Gasteiger partial charge is 0.392 e. The maximum atomic E-state index is 12.3. The van der Waals surface area contributed by atoms with Crippen molar-refractivity contribution in [3.8, 4) is 0 Å². The number of hydrogen-bond donors (Lipinski definition) is 0. The molecule has 13 heavy (non-hydrogen) atoms. The zero-order valence-corrected chi connectivity index (χ0v) is 7.80. The Balaban J connectivity index is 1.91. The lowest BCUT2D eigenvalue weighted by atomic mass is 10.2. The number of hydrogen-bond acceptors (Lipinski definition) is 1. The zero-order chi connectivity index (χ0) is 9.80. The topological polar surface area (TPSA) is 3.24 Å². The van der Waals surface area contributed by atoms with Gasteiger partial charge in [0, 0.05) is 19.1 Å². The molecular formula is C9H14F3N. The third-order valence-corrected chi connectivity index (χ3v) is 3.33. The molecule has 76 valence electrons. The molecule has 1 aliphatic heterocycles. The van der Waals surface area contributed by atoms with E-state index in [4.69, 9.17) is 0 Å². The van der Waals surface area contributed by atoms with Gasteiger partial charge in [-0.25, -0.2) is 0 Å². The average molecular weight is 193 g/mol. The molecule has 1 unspecified atom stereocenters. The van der Waals surface area contributed by atoms with Crippen LogP contribution in [0.15, 0.2) is 0 Å². The number of piperidine rings is 1. The molecule has 0 spiro atoms. The molecule has 0 amide bonds. The summed E-state index contributed by atoms with van der Waals surface area (Å²) in [6, 6.07) is 0.390. The standard InChI is InChI=1S/C9H14F3N/c1-5(2)13-3-6-7(4-13)8(6)9(10,11)12/h5-8H,3-4H2,1-2H3/t6-,7+,8?. The smallest absolute Gasteiger partial charge is 0.300 e. The predicted molar refractivity (Wildman–Crippen MR) is 43.2 cm³/mol. The van der Waals surface area contributed by atoms with Crippen molar-refractivity contribution in [1.82, 2.24) is 4.90 Å². The lowest BCUT2D eigenvalue weighted by Crippen LogP contribution is -2.33. The van der Waals surface area contributed by atoms with Crippen molar-refractivity contribution in [1.29, 1.82) is 0 Å². The molecule has 1 heterocycles. The maximum Gasteiger partial charge on any atom is 0.392 e. The number of nitrogens with zero attached hydrogens (tertiary/aromatic N) is 1. The van der Waals surface area contributed by atoms with E-state index < -0.39 is 12.1 Å². The minimum absolute atomic E-state index is 0.0950. The van der Waals surface area contributed by atoms with Crippen molar-refractivity contribution < 1.29 is 13.2 Å². The highest BCUT2D eigenvalue weighted by atomic mass is 19.4. The van der Waals surface area contributed by atoms with Gasteiger partial charge in [-0.2, -0.15) is 13.2 Å². The van der Waals surface area contributed by atoms with Gasteiger partial charge in [0.25, 0.3) is 0 Å². The van der Waals surface area contributed by atoms with E-state index in [1.54, 1.807) is 0 Å². The molecule has 0 aromatic carbocycles. The van der Waals surface area contributed by atoms with E-state index in [0.717, 1.165) is 0 Å². The second kappa shape index (κ2) is 2.62. The first-order chi connectivity index (χ1) is 5.91. The average Bonchev–Trinajstić information content (AvgIpc) is 2.48. The quantitative estimate of drug-likeness (QED) is 0.616. The van der Waals surface area contributed by atoms with Gasteiger partial charge >= 0.3 is 6.18 Å². The molecule has 2 rings (SSSR count). The van der Waals surface area contributed by atoms with Crippen molar-refractivity contribution in [3.05, 3.63) is 0 Å². The zero-order valence-electron chi connectivity index (χ0n) is 7.80. The summed E-state index contributed by atoms with van der Waals surface area (Å²) < 4.78 is 36.8. The van der Waals surface area contributed by atoms with Crippen molar-refractivity contribution in [2.24, 2.45) is 17.8 Å². The number of rotatable bonds is 1. The van der Waals surface area contributed by atoms with Crippen LogP contribution in [-0.2, 0) is 0 Å². The first-order valence-corrected chi connectivity index (χ1v) is 4.72. The summed E-state index contributed by atoms with van der Waals surface area (Å²) in [7, 11) is 0. The molecule has 1 saturated heterocycles. The molecule has 1 saturated carbocycles. The summed E-state index contributed by atoms with van der Waals surface area (Å²) in [4.78, 5) is 2.14. The molecule has 3 atom stereocenters. The first kappa shape index (κ1) is 9.31. The Hall–Kier alpha value is -0.250. The fourth-order valence-corrected chi connectivity index (χ4v) is 2.47. The van der Waals surface area contributed by atoms with E-state index in [2.05, 4.69) is 4.90 Å². The molecule has 0 bridgehead atoms. The molecule has 2 aliphatic rings. The number of likely N-dealkylation sites (tertiary alicyclic amines) is 1. The van der Waals surface area contributed by atoms with Crippen molar-refractivity contribution >= 4 is 0 Å². The molecule has 0 aromatic rings. The van der Waals surface area contributed by atoms with Crippen LogP contribution in [-0.4, -0.2) is 30.2 Å². The van der Waals surface area contributed by atoms with Crippen LogP contribution in [0.1, 0.15) is 13.8 Å². The maximum absolute atomic E-state index is 12.3. The van der Waals surface area contributed by atoms with Gasteiger partial charge < -0.3 is 4.90 Å². The van der Waals surface area contributed by atoms with Crippen LogP contribution in [0, 0.1) is 17.8 Å². The summed E-state index contributed by atoms with van der Waals surface area (Å²) >= 11 is 0. The molecule has 0 N–H and O–H groups in total. The minimum Gasteiger partial charge on any atom is -0.300 e. The second-order valence-corrected chi connectivity index (χ2v) is 4.44. The van der Waals surface area contributed by atoms with Crippen LogP contribution in [0.4, 0.5) is 13.2 Å². The van der Waals surface area contributed by atoms with Crippen LogP contribution < -0.4 is 0 Å².